The smallest absolute Gasteiger partial charge is 0.312 e. The molecule has 2 aliphatic rings. The van der Waals surface area contributed by atoms with Crippen molar-refractivity contribution < 1.29 is 9.53 Å². The molecule has 0 N–H and O–H groups in total. The third-order valence-corrected chi connectivity index (χ3v) is 6.08. The number of carbonyl (C=O) groups excluding carboxylic acids is 1. The van der Waals surface area contributed by atoms with Gasteiger partial charge in [0.25, 0.3) is 0 Å². The van der Waals surface area contributed by atoms with E-state index in [1.807, 2.05) is 6.07 Å². The van der Waals surface area contributed by atoms with Gasteiger partial charge in [-0.05, 0) is 31.2 Å². The summed E-state index contributed by atoms with van der Waals surface area (Å²) in [4.78, 5) is 11.9. The second-order valence-corrected chi connectivity index (χ2v) is 7.69. The van der Waals surface area contributed by atoms with Gasteiger partial charge in [-0.25, -0.2) is 0 Å². The first kappa shape index (κ1) is 15.7. The molecule has 5 nitrogen and oxygen atoms in total. The highest BCUT2D eigenvalue weighted by molar-refractivity contribution is 7.99. The predicted molar refractivity (Wildman–Crippen MR) is 91.9 cm³/mol. The molecule has 0 atom stereocenters. The van der Waals surface area contributed by atoms with E-state index >= 15 is 0 Å². The number of benzene rings is 1. The average Bonchev–Trinajstić information content (AvgIpc) is 3.54. The summed E-state index contributed by atoms with van der Waals surface area (Å²) >= 11 is 1.63. The molecule has 0 radical (unpaired) electrons. The molecule has 0 bridgehead atoms. The molecule has 2 aliphatic carbocycles. The van der Waals surface area contributed by atoms with Gasteiger partial charge in [-0.2, -0.15) is 0 Å². The molecule has 24 heavy (non-hydrogen) atoms. The first-order valence-electron chi connectivity index (χ1n) is 8.40. The molecule has 6 heteroatoms. The van der Waals surface area contributed by atoms with Gasteiger partial charge in [0.1, 0.15) is 5.82 Å². The van der Waals surface area contributed by atoms with E-state index in [4.69, 9.17) is 4.74 Å². The van der Waals surface area contributed by atoms with Crippen LogP contribution >= 0.6 is 11.8 Å². The number of hydrogen-bond donors (Lipinski definition) is 0. The van der Waals surface area contributed by atoms with Gasteiger partial charge in [-0.3, -0.25) is 4.79 Å². The highest BCUT2D eigenvalue weighted by Crippen LogP contribution is 2.50. The van der Waals surface area contributed by atoms with Crippen molar-refractivity contribution in [1.82, 2.24) is 14.8 Å². The van der Waals surface area contributed by atoms with E-state index in [9.17, 15) is 4.79 Å². The van der Waals surface area contributed by atoms with Crippen molar-refractivity contribution in [3.05, 3.63) is 41.7 Å². The molecule has 126 valence electrons. The fraction of sp³-hybridized carbons (Fsp3) is 0.500. The zero-order chi connectivity index (χ0) is 16.6. The van der Waals surface area contributed by atoms with Crippen molar-refractivity contribution in [1.29, 1.82) is 0 Å². The summed E-state index contributed by atoms with van der Waals surface area (Å²) < 4.78 is 7.18. The minimum Gasteiger partial charge on any atom is -0.469 e. The monoisotopic (exact) mass is 343 g/mol. The standard InChI is InChI=1S/C18H21N3O2S/c1-23-16(22)18(9-10-18)12-24-17-20-19-15(14-7-8-14)21(17)11-13-5-3-2-4-6-13/h2-6,14H,7-12H2,1H3. The van der Waals surface area contributed by atoms with Crippen LogP contribution in [0, 0.1) is 5.41 Å². The molecule has 2 aromatic rings. The molecule has 1 heterocycles. The van der Waals surface area contributed by atoms with Crippen LogP contribution in [-0.4, -0.2) is 33.6 Å². The second kappa shape index (κ2) is 6.24. The van der Waals surface area contributed by atoms with Crippen LogP contribution in [0.5, 0.6) is 0 Å². The lowest BCUT2D eigenvalue weighted by Gasteiger charge is -2.13. The van der Waals surface area contributed by atoms with E-state index in [-0.39, 0.29) is 11.4 Å². The molecule has 2 fully saturated rings. The molecule has 0 unspecified atom stereocenters. The quantitative estimate of drug-likeness (QED) is 0.570. The van der Waals surface area contributed by atoms with Crippen LogP contribution in [0.2, 0.25) is 0 Å². The predicted octanol–water partition coefficient (Wildman–Crippen LogP) is 3.25. The average molecular weight is 343 g/mol. The summed E-state index contributed by atoms with van der Waals surface area (Å²) in [6, 6.07) is 10.4. The van der Waals surface area contributed by atoms with Crippen molar-refractivity contribution >= 4 is 17.7 Å². The zero-order valence-electron chi connectivity index (χ0n) is 13.8. The SMILES string of the molecule is COC(=O)C1(CSc2nnc(C3CC3)n2Cc2ccccc2)CC1. The number of aromatic nitrogens is 3. The number of carbonyl (C=O) groups is 1. The molecular formula is C18H21N3O2S. The second-order valence-electron chi connectivity index (χ2n) is 6.75. The Kier molecular flexibility index (Phi) is 4.08. The molecule has 0 saturated heterocycles. The fourth-order valence-corrected chi connectivity index (χ4v) is 4.17. The van der Waals surface area contributed by atoms with Crippen molar-refractivity contribution in [3.8, 4) is 0 Å². The van der Waals surface area contributed by atoms with Gasteiger partial charge in [0, 0.05) is 11.7 Å². The Morgan fingerprint density at radius 2 is 2.04 bits per heavy atom. The summed E-state index contributed by atoms with van der Waals surface area (Å²) in [7, 11) is 1.47. The molecule has 0 amide bonds. The number of rotatable bonds is 7. The number of esters is 1. The van der Waals surface area contributed by atoms with E-state index in [2.05, 4.69) is 39.0 Å². The summed E-state index contributed by atoms with van der Waals surface area (Å²) in [6.07, 6.45) is 4.22. The van der Waals surface area contributed by atoms with Gasteiger partial charge >= 0.3 is 5.97 Å². The molecule has 0 spiro atoms. The minimum atomic E-state index is -0.303. The maximum Gasteiger partial charge on any atom is 0.312 e. The first-order valence-corrected chi connectivity index (χ1v) is 9.39. The van der Waals surface area contributed by atoms with Crippen LogP contribution in [0.4, 0.5) is 0 Å². The number of methoxy groups -OCH3 is 1. The Hall–Kier alpha value is -1.82. The highest BCUT2D eigenvalue weighted by atomic mass is 32.2. The summed E-state index contributed by atoms with van der Waals surface area (Å²) in [6.45, 7) is 0.785. The first-order chi connectivity index (χ1) is 11.7. The van der Waals surface area contributed by atoms with Crippen molar-refractivity contribution in [2.45, 2.75) is 43.3 Å². The lowest BCUT2D eigenvalue weighted by molar-refractivity contribution is -0.146. The largest absolute Gasteiger partial charge is 0.469 e. The third kappa shape index (κ3) is 3.07. The van der Waals surface area contributed by atoms with Gasteiger partial charge in [0.05, 0.1) is 19.1 Å². The van der Waals surface area contributed by atoms with Gasteiger partial charge in [0.2, 0.25) is 0 Å². The van der Waals surface area contributed by atoms with E-state index in [1.54, 1.807) is 11.8 Å². The number of hydrogen-bond acceptors (Lipinski definition) is 5. The lowest BCUT2D eigenvalue weighted by Crippen LogP contribution is -2.20. The van der Waals surface area contributed by atoms with Gasteiger partial charge in [-0.1, -0.05) is 42.1 Å². The Balaban J connectivity index is 1.53. The van der Waals surface area contributed by atoms with Crippen molar-refractivity contribution in [3.63, 3.8) is 0 Å². The maximum absolute atomic E-state index is 11.9. The van der Waals surface area contributed by atoms with Crippen LogP contribution in [0.25, 0.3) is 0 Å². The minimum absolute atomic E-state index is 0.0912. The van der Waals surface area contributed by atoms with E-state index < -0.39 is 0 Å². The number of nitrogens with zero attached hydrogens (tertiary/aromatic N) is 3. The van der Waals surface area contributed by atoms with E-state index in [0.29, 0.717) is 5.92 Å². The Morgan fingerprint density at radius 1 is 1.29 bits per heavy atom. The summed E-state index contributed by atoms with van der Waals surface area (Å²) in [5, 5.41) is 9.76. The van der Waals surface area contributed by atoms with Crippen LogP contribution in [0.3, 0.4) is 0 Å². The number of thioether (sulfide) groups is 1. The fourth-order valence-electron chi connectivity index (χ4n) is 2.94. The normalized spacial score (nSPS) is 18.4. The van der Waals surface area contributed by atoms with Crippen LogP contribution in [-0.2, 0) is 16.1 Å². The topological polar surface area (TPSA) is 57.0 Å². The molecule has 2 saturated carbocycles. The number of ether oxygens (including phenoxy) is 1. The Morgan fingerprint density at radius 3 is 2.67 bits per heavy atom. The highest BCUT2D eigenvalue weighted by Gasteiger charge is 2.51. The molecule has 1 aromatic carbocycles. The van der Waals surface area contributed by atoms with Gasteiger partial charge in [0.15, 0.2) is 5.16 Å². The molecular weight excluding hydrogens is 322 g/mol. The molecule has 4 rings (SSSR count). The molecule has 1 aromatic heterocycles. The van der Waals surface area contributed by atoms with Crippen LogP contribution in [0.1, 0.15) is 43.0 Å². The van der Waals surface area contributed by atoms with E-state index in [0.717, 1.165) is 36.1 Å². The van der Waals surface area contributed by atoms with Crippen molar-refractivity contribution in [2.75, 3.05) is 12.9 Å². The Bertz CT molecular complexity index is 736. The lowest BCUT2D eigenvalue weighted by atomic mass is 10.1. The van der Waals surface area contributed by atoms with Crippen molar-refractivity contribution in [2.24, 2.45) is 5.41 Å². The molecule has 0 aliphatic heterocycles. The van der Waals surface area contributed by atoms with Crippen LogP contribution in [0.15, 0.2) is 35.5 Å². The third-order valence-electron chi connectivity index (χ3n) is 4.82. The summed E-state index contributed by atoms with van der Waals surface area (Å²) in [5.74, 6) is 2.26. The zero-order valence-corrected chi connectivity index (χ0v) is 14.6. The maximum atomic E-state index is 11.9. The Labute approximate surface area is 145 Å². The summed E-state index contributed by atoms with van der Waals surface area (Å²) in [5.41, 5.74) is 0.943. The van der Waals surface area contributed by atoms with Gasteiger partial charge in [-0.15, -0.1) is 10.2 Å². The van der Waals surface area contributed by atoms with E-state index in [1.165, 1.54) is 25.5 Å². The van der Waals surface area contributed by atoms with Crippen LogP contribution < -0.4 is 0 Å². The van der Waals surface area contributed by atoms with Gasteiger partial charge < -0.3 is 9.30 Å².